The number of rotatable bonds is 7. The summed E-state index contributed by atoms with van der Waals surface area (Å²) in [5, 5.41) is 0. The molecule has 1 aliphatic heterocycles. The zero-order valence-corrected chi connectivity index (χ0v) is 11.2. The zero-order chi connectivity index (χ0) is 11.8. The molecule has 0 N–H and O–H groups in total. The first-order valence-electron chi connectivity index (χ1n) is 6.96. The molecule has 0 radical (unpaired) electrons. The van der Waals surface area contributed by atoms with Crippen molar-refractivity contribution in [2.75, 3.05) is 7.11 Å². The fourth-order valence-electron chi connectivity index (χ4n) is 2.45. The van der Waals surface area contributed by atoms with Crippen LogP contribution in [0, 0.1) is 5.92 Å². The molecule has 3 atom stereocenters. The molecule has 0 spiro atoms. The lowest BCUT2D eigenvalue weighted by Crippen LogP contribution is -2.34. The Kier molecular flexibility index (Phi) is 7.06. The van der Waals surface area contributed by atoms with E-state index in [1.165, 1.54) is 51.4 Å². The molecule has 0 amide bonds. The van der Waals surface area contributed by atoms with Gasteiger partial charge in [-0.25, -0.2) is 0 Å². The predicted octanol–water partition coefficient (Wildman–Crippen LogP) is 4.13. The van der Waals surface area contributed by atoms with Crippen molar-refractivity contribution in [1.29, 1.82) is 0 Å². The van der Waals surface area contributed by atoms with Crippen LogP contribution in [0.2, 0.25) is 0 Å². The molecule has 1 saturated heterocycles. The fraction of sp³-hybridized carbons (Fsp3) is 1.00. The molecule has 96 valence electrons. The Labute approximate surface area is 101 Å². The van der Waals surface area contributed by atoms with E-state index in [0.29, 0.717) is 12.0 Å². The summed E-state index contributed by atoms with van der Waals surface area (Å²) in [6.07, 6.45) is 10.9. The van der Waals surface area contributed by atoms with Gasteiger partial charge in [0.1, 0.15) is 0 Å². The normalized spacial score (nSPS) is 30.6. The minimum Gasteiger partial charge on any atom is -0.356 e. The molecule has 1 aliphatic rings. The highest BCUT2D eigenvalue weighted by atomic mass is 16.7. The van der Waals surface area contributed by atoms with Crippen LogP contribution in [-0.2, 0) is 9.47 Å². The van der Waals surface area contributed by atoms with Crippen molar-refractivity contribution in [3.63, 3.8) is 0 Å². The predicted molar refractivity (Wildman–Crippen MR) is 67.4 cm³/mol. The minimum absolute atomic E-state index is 0.0365. The zero-order valence-electron chi connectivity index (χ0n) is 11.2. The van der Waals surface area contributed by atoms with Crippen LogP contribution >= 0.6 is 0 Å². The lowest BCUT2D eigenvalue weighted by atomic mass is 9.95. The molecule has 1 rings (SSSR count). The Morgan fingerprint density at radius 2 is 1.88 bits per heavy atom. The minimum atomic E-state index is 0.0365. The summed E-state index contributed by atoms with van der Waals surface area (Å²) in [6, 6.07) is 0. The van der Waals surface area contributed by atoms with Gasteiger partial charge >= 0.3 is 0 Å². The summed E-state index contributed by atoms with van der Waals surface area (Å²) in [4.78, 5) is 0. The third-order valence-electron chi connectivity index (χ3n) is 3.60. The maximum atomic E-state index is 5.93. The molecule has 2 nitrogen and oxygen atoms in total. The van der Waals surface area contributed by atoms with Gasteiger partial charge in [-0.3, -0.25) is 0 Å². The highest BCUT2D eigenvalue weighted by Gasteiger charge is 2.27. The van der Waals surface area contributed by atoms with Gasteiger partial charge in [0.25, 0.3) is 0 Å². The van der Waals surface area contributed by atoms with Crippen molar-refractivity contribution >= 4 is 0 Å². The van der Waals surface area contributed by atoms with Gasteiger partial charge in [0.2, 0.25) is 0 Å². The molecular weight excluding hydrogens is 200 g/mol. The molecule has 0 bridgehead atoms. The third-order valence-corrected chi connectivity index (χ3v) is 3.60. The number of hydrogen-bond acceptors (Lipinski definition) is 2. The summed E-state index contributed by atoms with van der Waals surface area (Å²) in [7, 11) is 1.75. The van der Waals surface area contributed by atoms with Crippen LogP contribution in [0.3, 0.4) is 0 Å². The molecule has 2 heteroatoms. The van der Waals surface area contributed by atoms with Gasteiger partial charge in [0.05, 0.1) is 6.10 Å². The Hall–Kier alpha value is -0.0800. The maximum absolute atomic E-state index is 5.93. The molecule has 0 unspecified atom stereocenters. The standard InChI is InChI=1S/C14H28O2/c1-4-5-6-7-8-9-13-11-10-12(2)14(15-3)16-13/h12-14H,4-11H2,1-3H3/t12-,13-,14-/m0/s1. The lowest BCUT2D eigenvalue weighted by Gasteiger charge is -2.33. The van der Waals surface area contributed by atoms with E-state index in [1.807, 2.05) is 0 Å². The van der Waals surface area contributed by atoms with Crippen molar-refractivity contribution in [2.24, 2.45) is 5.92 Å². The first-order chi connectivity index (χ1) is 7.77. The Balaban J connectivity index is 2.08. The largest absolute Gasteiger partial charge is 0.356 e. The molecule has 1 heterocycles. The van der Waals surface area contributed by atoms with Crippen LogP contribution in [0.4, 0.5) is 0 Å². The number of unbranched alkanes of at least 4 members (excludes halogenated alkanes) is 4. The van der Waals surface area contributed by atoms with Crippen LogP contribution in [0.1, 0.15) is 65.2 Å². The van der Waals surface area contributed by atoms with Crippen molar-refractivity contribution < 1.29 is 9.47 Å². The Morgan fingerprint density at radius 1 is 1.12 bits per heavy atom. The van der Waals surface area contributed by atoms with Crippen LogP contribution < -0.4 is 0 Å². The van der Waals surface area contributed by atoms with Gasteiger partial charge in [-0.2, -0.15) is 0 Å². The first-order valence-corrected chi connectivity index (χ1v) is 6.96. The molecular formula is C14H28O2. The Morgan fingerprint density at radius 3 is 2.56 bits per heavy atom. The van der Waals surface area contributed by atoms with Gasteiger partial charge in [-0.15, -0.1) is 0 Å². The van der Waals surface area contributed by atoms with E-state index in [0.717, 1.165) is 0 Å². The van der Waals surface area contributed by atoms with E-state index >= 15 is 0 Å². The average Bonchev–Trinajstić information content (AvgIpc) is 2.31. The van der Waals surface area contributed by atoms with Gasteiger partial charge in [-0.1, -0.05) is 46.0 Å². The van der Waals surface area contributed by atoms with E-state index in [2.05, 4.69) is 13.8 Å². The molecule has 0 aliphatic carbocycles. The molecule has 0 saturated carbocycles. The molecule has 0 aromatic rings. The monoisotopic (exact) mass is 228 g/mol. The number of methoxy groups -OCH3 is 1. The van der Waals surface area contributed by atoms with Crippen LogP contribution in [-0.4, -0.2) is 19.5 Å². The van der Waals surface area contributed by atoms with Crippen molar-refractivity contribution in [3.05, 3.63) is 0 Å². The molecule has 0 aromatic carbocycles. The summed E-state index contributed by atoms with van der Waals surface area (Å²) >= 11 is 0. The first kappa shape index (κ1) is 14.0. The summed E-state index contributed by atoms with van der Waals surface area (Å²) < 4.78 is 11.3. The second-order valence-electron chi connectivity index (χ2n) is 5.12. The van der Waals surface area contributed by atoms with Gasteiger partial charge in [0, 0.05) is 13.0 Å². The smallest absolute Gasteiger partial charge is 0.160 e. The highest BCUT2D eigenvalue weighted by Crippen LogP contribution is 2.27. The number of hydrogen-bond donors (Lipinski definition) is 0. The van der Waals surface area contributed by atoms with E-state index < -0.39 is 0 Å². The number of ether oxygens (including phenoxy) is 2. The topological polar surface area (TPSA) is 18.5 Å². The van der Waals surface area contributed by atoms with Gasteiger partial charge < -0.3 is 9.47 Å². The summed E-state index contributed by atoms with van der Waals surface area (Å²) in [6.45, 7) is 4.47. The van der Waals surface area contributed by atoms with Gasteiger partial charge in [-0.05, 0) is 19.3 Å². The SMILES string of the molecule is CCCCCCC[C@H]1CC[C@H](C)[C@@H](OC)O1. The Bertz CT molecular complexity index is 170. The molecule has 0 aromatic heterocycles. The van der Waals surface area contributed by atoms with E-state index in [1.54, 1.807) is 7.11 Å². The van der Waals surface area contributed by atoms with E-state index in [-0.39, 0.29) is 6.29 Å². The lowest BCUT2D eigenvalue weighted by molar-refractivity contribution is -0.206. The highest BCUT2D eigenvalue weighted by molar-refractivity contribution is 4.71. The van der Waals surface area contributed by atoms with Gasteiger partial charge in [0.15, 0.2) is 6.29 Å². The molecule has 1 fully saturated rings. The van der Waals surface area contributed by atoms with Crippen molar-refractivity contribution in [2.45, 2.75) is 77.6 Å². The quantitative estimate of drug-likeness (QED) is 0.610. The van der Waals surface area contributed by atoms with Crippen LogP contribution in [0.5, 0.6) is 0 Å². The van der Waals surface area contributed by atoms with Crippen LogP contribution in [0.25, 0.3) is 0 Å². The van der Waals surface area contributed by atoms with Crippen molar-refractivity contribution in [3.8, 4) is 0 Å². The van der Waals surface area contributed by atoms with E-state index in [4.69, 9.17) is 9.47 Å². The maximum Gasteiger partial charge on any atom is 0.160 e. The van der Waals surface area contributed by atoms with Crippen LogP contribution in [0.15, 0.2) is 0 Å². The van der Waals surface area contributed by atoms with Crippen molar-refractivity contribution in [1.82, 2.24) is 0 Å². The van der Waals surface area contributed by atoms with E-state index in [9.17, 15) is 0 Å². The fourth-order valence-corrected chi connectivity index (χ4v) is 2.45. The summed E-state index contributed by atoms with van der Waals surface area (Å²) in [5.74, 6) is 0.557. The summed E-state index contributed by atoms with van der Waals surface area (Å²) in [5.41, 5.74) is 0. The second kappa shape index (κ2) is 8.08. The third kappa shape index (κ3) is 4.84. The second-order valence-corrected chi connectivity index (χ2v) is 5.12. The average molecular weight is 228 g/mol. The molecule has 16 heavy (non-hydrogen) atoms.